The lowest BCUT2D eigenvalue weighted by molar-refractivity contribution is -0.109. The van der Waals surface area contributed by atoms with Crippen LogP contribution in [0.3, 0.4) is 0 Å². The van der Waals surface area contributed by atoms with Gasteiger partial charge in [0, 0.05) is 12.5 Å². The summed E-state index contributed by atoms with van der Waals surface area (Å²) >= 11 is 1.17. The minimum absolute atomic E-state index is 0.0496. The fourth-order valence-corrected chi connectivity index (χ4v) is 1.33. The average molecular weight is 231 g/mol. The van der Waals surface area contributed by atoms with Gasteiger partial charge in [-0.3, -0.25) is 4.79 Å². The maximum Gasteiger partial charge on any atom is 0.240 e. The molecule has 0 saturated carbocycles. The number of hydrogen-bond acceptors (Lipinski definition) is 4. The monoisotopic (exact) mass is 231 g/mol. The predicted octanol–water partition coefficient (Wildman–Crippen LogP) is 2.29. The van der Waals surface area contributed by atoms with Crippen LogP contribution in [0.5, 0.6) is 0 Å². The van der Waals surface area contributed by atoms with Crippen LogP contribution in [0.4, 0.5) is 5.69 Å². The Morgan fingerprint density at radius 1 is 1.50 bits per heavy atom. The summed E-state index contributed by atoms with van der Waals surface area (Å²) in [5.74, 6) is 6.21. The third-order valence-electron chi connectivity index (χ3n) is 1.60. The van der Waals surface area contributed by atoms with Gasteiger partial charge in [-0.1, -0.05) is 29.7 Å². The van der Waals surface area contributed by atoms with E-state index in [0.717, 1.165) is 5.56 Å². The summed E-state index contributed by atoms with van der Waals surface area (Å²) in [4.78, 5) is 24.2. The number of carbonyl (C=O) groups excluding carboxylic acids is 2. The van der Waals surface area contributed by atoms with Crippen LogP contribution in [0.2, 0.25) is 0 Å². The third kappa shape index (κ3) is 4.61. The number of thioether (sulfide) groups is 1. The molecule has 0 spiro atoms. The molecule has 0 N–H and O–H groups in total. The fourth-order valence-electron chi connectivity index (χ4n) is 0.982. The molecule has 1 rings (SSSR count). The maximum atomic E-state index is 10.6. The molecule has 0 bridgehead atoms. The van der Waals surface area contributed by atoms with Crippen LogP contribution in [0.1, 0.15) is 12.5 Å². The van der Waals surface area contributed by atoms with Crippen molar-refractivity contribution in [2.75, 3.05) is 5.75 Å². The first-order chi connectivity index (χ1) is 7.72. The van der Waals surface area contributed by atoms with Gasteiger partial charge in [0.1, 0.15) is 0 Å². The van der Waals surface area contributed by atoms with E-state index in [1.54, 1.807) is 18.2 Å². The van der Waals surface area contributed by atoms with Gasteiger partial charge >= 0.3 is 0 Å². The van der Waals surface area contributed by atoms with E-state index in [0.29, 0.717) is 11.4 Å². The lowest BCUT2D eigenvalue weighted by Crippen LogP contribution is -1.82. The summed E-state index contributed by atoms with van der Waals surface area (Å²) in [6.07, 6.45) is 1.47. The molecule has 3 nitrogen and oxygen atoms in total. The van der Waals surface area contributed by atoms with E-state index in [1.807, 2.05) is 6.07 Å². The minimum atomic E-state index is 0.0496. The van der Waals surface area contributed by atoms with E-state index >= 15 is 0 Å². The SMILES string of the molecule is CC(=O)SCC#Cc1cccc(N=C=O)c1. The first-order valence-corrected chi connectivity index (χ1v) is 5.51. The summed E-state index contributed by atoms with van der Waals surface area (Å²) in [6.45, 7) is 1.51. The zero-order valence-corrected chi connectivity index (χ0v) is 9.50. The number of nitrogens with zero attached hydrogens (tertiary/aromatic N) is 1. The topological polar surface area (TPSA) is 46.5 Å². The third-order valence-corrected chi connectivity index (χ3v) is 2.30. The second-order valence-corrected chi connectivity index (χ2v) is 3.99. The Kier molecular flexibility index (Phi) is 5.07. The molecule has 0 aliphatic carbocycles. The Labute approximate surface area is 98.0 Å². The van der Waals surface area contributed by atoms with Gasteiger partial charge in [0.2, 0.25) is 6.08 Å². The van der Waals surface area contributed by atoms with E-state index in [2.05, 4.69) is 16.8 Å². The molecule has 0 amide bonds. The van der Waals surface area contributed by atoms with E-state index in [9.17, 15) is 9.59 Å². The molecular weight excluding hydrogens is 222 g/mol. The van der Waals surface area contributed by atoms with Crippen molar-refractivity contribution in [3.8, 4) is 11.8 Å². The first kappa shape index (κ1) is 12.3. The predicted molar refractivity (Wildman–Crippen MR) is 64.2 cm³/mol. The van der Waals surface area contributed by atoms with Crippen molar-refractivity contribution in [1.82, 2.24) is 0 Å². The van der Waals surface area contributed by atoms with Gasteiger partial charge in [0.05, 0.1) is 11.4 Å². The van der Waals surface area contributed by atoms with Crippen molar-refractivity contribution >= 4 is 28.6 Å². The van der Waals surface area contributed by atoms with Gasteiger partial charge in [0.25, 0.3) is 0 Å². The Morgan fingerprint density at radius 2 is 2.31 bits per heavy atom. The molecule has 4 heteroatoms. The van der Waals surface area contributed by atoms with Crippen molar-refractivity contribution < 1.29 is 9.59 Å². The molecule has 0 radical (unpaired) electrons. The van der Waals surface area contributed by atoms with Crippen molar-refractivity contribution in [3.05, 3.63) is 29.8 Å². The van der Waals surface area contributed by atoms with Crippen molar-refractivity contribution in [2.45, 2.75) is 6.92 Å². The van der Waals surface area contributed by atoms with Crippen LogP contribution in [-0.4, -0.2) is 16.9 Å². The maximum absolute atomic E-state index is 10.6. The van der Waals surface area contributed by atoms with Crippen LogP contribution in [-0.2, 0) is 9.59 Å². The largest absolute Gasteiger partial charge is 0.288 e. The van der Waals surface area contributed by atoms with E-state index in [-0.39, 0.29) is 5.12 Å². The molecule has 16 heavy (non-hydrogen) atoms. The lowest BCUT2D eigenvalue weighted by Gasteiger charge is -1.91. The summed E-state index contributed by atoms with van der Waals surface area (Å²) in [6, 6.07) is 6.96. The zero-order chi connectivity index (χ0) is 11.8. The number of isocyanates is 1. The highest BCUT2D eigenvalue weighted by Crippen LogP contribution is 2.12. The Morgan fingerprint density at radius 3 is 3.00 bits per heavy atom. The van der Waals surface area contributed by atoms with Crippen molar-refractivity contribution in [3.63, 3.8) is 0 Å². The summed E-state index contributed by atoms with van der Waals surface area (Å²) in [5.41, 5.74) is 1.29. The molecular formula is C12H9NO2S. The molecule has 0 fully saturated rings. The van der Waals surface area contributed by atoms with Crippen LogP contribution in [0.15, 0.2) is 29.3 Å². The zero-order valence-electron chi connectivity index (χ0n) is 8.69. The Hall–Kier alpha value is -1.82. The van der Waals surface area contributed by atoms with E-state index in [4.69, 9.17) is 0 Å². The number of rotatable bonds is 2. The van der Waals surface area contributed by atoms with Crippen LogP contribution in [0.25, 0.3) is 0 Å². The van der Waals surface area contributed by atoms with Gasteiger partial charge in [-0.05, 0) is 18.2 Å². The van der Waals surface area contributed by atoms with Gasteiger partial charge in [-0.2, -0.15) is 4.99 Å². The molecule has 80 valence electrons. The second-order valence-electron chi connectivity index (χ2n) is 2.84. The van der Waals surface area contributed by atoms with Crippen LogP contribution >= 0.6 is 11.8 Å². The van der Waals surface area contributed by atoms with Crippen molar-refractivity contribution in [2.24, 2.45) is 4.99 Å². The molecule has 0 atom stereocenters. The van der Waals surface area contributed by atoms with E-state index < -0.39 is 0 Å². The molecule has 0 aliphatic rings. The molecule has 0 unspecified atom stereocenters. The van der Waals surface area contributed by atoms with Crippen molar-refractivity contribution in [1.29, 1.82) is 0 Å². The highest BCUT2D eigenvalue weighted by Gasteiger charge is 1.91. The number of carbonyl (C=O) groups is 1. The minimum Gasteiger partial charge on any atom is -0.288 e. The molecule has 1 aromatic rings. The molecule has 1 aromatic carbocycles. The quantitative estimate of drug-likeness (QED) is 0.445. The molecule has 0 aliphatic heterocycles. The summed E-state index contributed by atoms with van der Waals surface area (Å²) in [5, 5.41) is 0.0496. The Bertz CT molecular complexity index is 493. The van der Waals surface area contributed by atoms with Gasteiger partial charge in [-0.15, -0.1) is 0 Å². The lowest BCUT2D eigenvalue weighted by atomic mass is 10.2. The smallest absolute Gasteiger partial charge is 0.240 e. The van der Waals surface area contributed by atoms with E-state index in [1.165, 1.54) is 24.8 Å². The van der Waals surface area contributed by atoms with Gasteiger partial charge in [-0.25, -0.2) is 4.79 Å². The summed E-state index contributed by atoms with van der Waals surface area (Å²) in [7, 11) is 0. The summed E-state index contributed by atoms with van der Waals surface area (Å²) < 4.78 is 0. The average Bonchev–Trinajstić information content (AvgIpc) is 2.25. The Balaban J connectivity index is 2.69. The van der Waals surface area contributed by atoms with Crippen LogP contribution in [0, 0.1) is 11.8 Å². The van der Waals surface area contributed by atoms with Gasteiger partial charge < -0.3 is 0 Å². The van der Waals surface area contributed by atoms with Gasteiger partial charge in [0.15, 0.2) is 5.12 Å². The highest BCUT2D eigenvalue weighted by molar-refractivity contribution is 8.13. The molecule has 0 aromatic heterocycles. The number of aliphatic imine (C=N–C) groups is 1. The number of benzene rings is 1. The normalized spacial score (nSPS) is 8.56. The first-order valence-electron chi connectivity index (χ1n) is 4.52. The number of hydrogen-bond donors (Lipinski definition) is 0. The fraction of sp³-hybridized carbons (Fsp3) is 0.167. The molecule has 0 saturated heterocycles. The van der Waals surface area contributed by atoms with Crippen LogP contribution < -0.4 is 0 Å². The second kappa shape index (κ2) is 6.62. The highest BCUT2D eigenvalue weighted by atomic mass is 32.2. The standard InChI is InChI=1S/C12H9NO2S/c1-10(15)16-7-3-5-11-4-2-6-12(8-11)13-9-14/h2,4,6,8H,7H2,1H3. The molecule has 0 heterocycles.